The average Bonchev–Trinajstić information content (AvgIpc) is 0.910. The maximum Gasteiger partial charge on any atom is 0.472 e. The summed E-state index contributed by atoms with van der Waals surface area (Å²) >= 11 is 0. The van der Waals surface area contributed by atoms with Crippen molar-refractivity contribution in [3.8, 4) is 0 Å². The summed E-state index contributed by atoms with van der Waals surface area (Å²) in [6.45, 7) is 12.0. The molecule has 3 unspecified atom stereocenters. The number of hydrogen-bond donors (Lipinski definition) is 3. The van der Waals surface area contributed by atoms with Gasteiger partial charge in [0.25, 0.3) is 0 Å². The van der Waals surface area contributed by atoms with Crippen LogP contribution in [-0.2, 0) is 65.4 Å². The van der Waals surface area contributed by atoms with Gasteiger partial charge in [0.15, 0.2) is 12.2 Å². The second-order valence-corrected chi connectivity index (χ2v) is 35.4. The van der Waals surface area contributed by atoms with Gasteiger partial charge in [0.1, 0.15) is 19.3 Å². The number of rotatable bonds is 85. The highest BCUT2D eigenvalue weighted by atomic mass is 31.2. The number of carbonyl (C=O) groups is 4. The van der Waals surface area contributed by atoms with Crippen LogP contribution in [0.4, 0.5) is 0 Å². The Morgan fingerprint density at radius 3 is 0.717 bits per heavy atom. The largest absolute Gasteiger partial charge is 0.472 e. The van der Waals surface area contributed by atoms with E-state index in [2.05, 4.69) is 48.5 Å². The van der Waals surface area contributed by atoms with Gasteiger partial charge in [-0.25, -0.2) is 9.13 Å². The molecular formula is C87H170O17P2. The third-order valence-corrected chi connectivity index (χ3v) is 22.6. The van der Waals surface area contributed by atoms with Crippen LogP contribution < -0.4 is 0 Å². The van der Waals surface area contributed by atoms with E-state index in [0.29, 0.717) is 25.7 Å². The summed E-state index contributed by atoms with van der Waals surface area (Å²) in [7, 11) is -9.93. The highest BCUT2D eigenvalue weighted by Crippen LogP contribution is 2.45. The Balaban J connectivity index is 5.21. The van der Waals surface area contributed by atoms with Crippen LogP contribution >= 0.6 is 15.6 Å². The molecule has 19 heteroatoms. The van der Waals surface area contributed by atoms with Crippen LogP contribution in [0.2, 0.25) is 0 Å². The number of phosphoric acid groups is 2. The van der Waals surface area contributed by atoms with Crippen LogP contribution in [0, 0.1) is 17.8 Å². The lowest BCUT2D eigenvalue weighted by molar-refractivity contribution is -0.161. The zero-order valence-electron chi connectivity index (χ0n) is 69.9. The standard InChI is InChI=1S/C87H170O17P2/c1-8-10-11-12-13-14-15-16-31-37-42-47-56-63-70-87(92)104-83(75-98-85(90)69-62-55-50-49-53-60-67-80(7)9-2)77-102-106(95,96)100-73-81(88)72-99-105(93,94)101-76-82(103-86(91)71-64-57-48-43-38-33-28-24-20-18-22-26-30-35-40-45-52-59-66-79(5)6)74-97-84(89)68-61-54-46-41-36-32-27-23-19-17-21-25-29-34-39-44-51-58-65-78(3)4/h78-83,88H,8-77H2,1-7H3,(H,93,94)(H,95,96)/t80?,81-,82-,83-/m1/s1. The van der Waals surface area contributed by atoms with Crippen molar-refractivity contribution in [1.29, 1.82) is 0 Å². The lowest BCUT2D eigenvalue weighted by Crippen LogP contribution is -2.30. The molecule has 0 spiro atoms. The van der Waals surface area contributed by atoms with Crippen molar-refractivity contribution in [2.75, 3.05) is 39.6 Å². The second-order valence-electron chi connectivity index (χ2n) is 32.5. The number of unbranched alkanes of at least 4 members (excludes halogenated alkanes) is 52. The molecule has 0 aliphatic heterocycles. The highest BCUT2D eigenvalue weighted by Gasteiger charge is 2.31. The zero-order chi connectivity index (χ0) is 77.9. The molecule has 6 atom stereocenters. The summed E-state index contributed by atoms with van der Waals surface area (Å²) in [5, 5.41) is 10.7. The maximum absolute atomic E-state index is 13.2. The second kappa shape index (κ2) is 77.0. The van der Waals surface area contributed by atoms with Crippen LogP contribution in [0.15, 0.2) is 0 Å². The molecule has 106 heavy (non-hydrogen) atoms. The summed E-state index contributed by atoms with van der Waals surface area (Å²) in [5.41, 5.74) is 0. The molecule has 0 bridgehead atoms. The number of phosphoric ester groups is 2. The molecule has 17 nitrogen and oxygen atoms in total. The Labute approximate surface area is 651 Å². The summed E-state index contributed by atoms with van der Waals surface area (Å²) < 4.78 is 68.9. The molecule has 0 rings (SSSR count). The molecule has 0 aliphatic carbocycles. The molecule has 0 amide bonds. The van der Waals surface area contributed by atoms with Crippen molar-refractivity contribution in [2.45, 2.75) is 478 Å². The van der Waals surface area contributed by atoms with Gasteiger partial charge in [-0.15, -0.1) is 0 Å². The Morgan fingerprint density at radius 2 is 0.481 bits per heavy atom. The van der Waals surface area contributed by atoms with E-state index >= 15 is 0 Å². The number of esters is 4. The Morgan fingerprint density at radius 1 is 0.274 bits per heavy atom. The smallest absolute Gasteiger partial charge is 0.462 e. The van der Waals surface area contributed by atoms with Gasteiger partial charge in [0.2, 0.25) is 0 Å². The number of aliphatic hydroxyl groups is 1. The van der Waals surface area contributed by atoms with Crippen LogP contribution in [0.3, 0.4) is 0 Å². The lowest BCUT2D eigenvalue weighted by Gasteiger charge is -2.21. The van der Waals surface area contributed by atoms with E-state index in [1.807, 2.05) is 0 Å². The molecule has 0 aromatic rings. The van der Waals surface area contributed by atoms with Crippen molar-refractivity contribution >= 4 is 39.5 Å². The van der Waals surface area contributed by atoms with Crippen molar-refractivity contribution < 1.29 is 80.2 Å². The maximum atomic E-state index is 13.2. The molecule has 0 saturated carbocycles. The summed E-state index contributed by atoms with van der Waals surface area (Å²) in [5.74, 6) is 0.270. The van der Waals surface area contributed by atoms with E-state index in [0.717, 1.165) is 114 Å². The first kappa shape index (κ1) is 104. The Kier molecular flexibility index (Phi) is 75.6. The summed E-state index contributed by atoms with van der Waals surface area (Å²) in [4.78, 5) is 73.2. The van der Waals surface area contributed by atoms with Crippen molar-refractivity contribution in [2.24, 2.45) is 17.8 Å². The number of ether oxygens (including phenoxy) is 4. The molecule has 0 radical (unpaired) electrons. The van der Waals surface area contributed by atoms with E-state index in [1.54, 1.807) is 0 Å². The van der Waals surface area contributed by atoms with Gasteiger partial charge in [0, 0.05) is 25.7 Å². The highest BCUT2D eigenvalue weighted by molar-refractivity contribution is 7.47. The predicted molar refractivity (Wildman–Crippen MR) is 437 cm³/mol. The molecule has 0 heterocycles. The first-order chi connectivity index (χ1) is 51.3. The van der Waals surface area contributed by atoms with Crippen LogP contribution in [0.25, 0.3) is 0 Å². The van der Waals surface area contributed by atoms with E-state index in [4.69, 9.17) is 37.0 Å². The van der Waals surface area contributed by atoms with Crippen molar-refractivity contribution in [1.82, 2.24) is 0 Å². The Hall–Kier alpha value is -1.94. The fourth-order valence-electron chi connectivity index (χ4n) is 13.5. The topological polar surface area (TPSA) is 237 Å². The van der Waals surface area contributed by atoms with Crippen LogP contribution in [0.1, 0.15) is 459 Å². The fraction of sp³-hybridized carbons (Fsp3) is 0.954. The summed E-state index contributed by atoms with van der Waals surface area (Å²) in [6.07, 6.45) is 68.2. The molecule has 3 N–H and O–H groups in total. The Bertz CT molecular complexity index is 2050. The average molecular weight is 1550 g/mol. The van der Waals surface area contributed by atoms with E-state index in [-0.39, 0.29) is 25.7 Å². The van der Waals surface area contributed by atoms with Gasteiger partial charge in [0.05, 0.1) is 26.4 Å². The van der Waals surface area contributed by atoms with Crippen molar-refractivity contribution in [3.05, 3.63) is 0 Å². The monoisotopic (exact) mass is 1550 g/mol. The molecule has 0 aliphatic rings. The number of carbonyl (C=O) groups excluding carboxylic acids is 4. The van der Waals surface area contributed by atoms with Gasteiger partial charge in [-0.1, -0.05) is 408 Å². The predicted octanol–water partition coefficient (Wildman–Crippen LogP) is 26.5. The van der Waals surface area contributed by atoms with Gasteiger partial charge in [-0.05, 0) is 43.4 Å². The normalized spacial score (nSPS) is 14.1. The van der Waals surface area contributed by atoms with Crippen LogP contribution in [0.5, 0.6) is 0 Å². The van der Waals surface area contributed by atoms with E-state index in [1.165, 1.54) is 263 Å². The molecule has 0 fully saturated rings. The SMILES string of the molecule is CCCCCCCCCCCCCCCCC(=O)O[C@H](COC(=O)CCCCCCCCC(C)CC)COP(=O)(O)OC[C@H](O)COP(=O)(O)OC[C@@H](COC(=O)CCCCCCCCCCCCCCCCCCCCC(C)C)OC(=O)CCCCCCCCCCCCCCCCCCCCC(C)C. The lowest BCUT2D eigenvalue weighted by atomic mass is 10.00. The molecule has 0 aromatic heterocycles. The van der Waals surface area contributed by atoms with E-state index in [9.17, 15) is 43.2 Å². The molecular weight excluding hydrogens is 1380 g/mol. The molecule has 0 aromatic carbocycles. The fourth-order valence-corrected chi connectivity index (χ4v) is 15.1. The first-order valence-electron chi connectivity index (χ1n) is 44.9. The minimum Gasteiger partial charge on any atom is -0.462 e. The number of aliphatic hydroxyl groups excluding tert-OH is 1. The van der Waals surface area contributed by atoms with Gasteiger partial charge in [-0.2, -0.15) is 0 Å². The zero-order valence-corrected chi connectivity index (χ0v) is 71.7. The third kappa shape index (κ3) is 78.7. The minimum atomic E-state index is -4.97. The summed E-state index contributed by atoms with van der Waals surface area (Å²) in [6, 6.07) is 0. The van der Waals surface area contributed by atoms with Gasteiger partial charge in [-0.3, -0.25) is 37.3 Å². The third-order valence-electron chi connectivity index (χ3n) is 20.7. The van der Waals surface area contributed by atoms with Gasteiger partial charge < -0.3 is 33.8 Å². The van der Waals surface area contributed by atoms with Gasteiger partial charge >= 0.3 is 39.5 Å². The molecule has 630 valence electrons. The quantitative estimate of drug-likeness (QED) is 0.0222. The van der Waals surface area contributed by atoms with Crippen molar-refractivity contribution in [3.63, 3.8) is 0 Å². The van der Waals surface area contributed by atoms with E-state index < -0.39 is 97.5 Å². The minimum absolute atomic E-state index is 0.107. The molecule has 0 saturated heterocycles. The number of hydrogen-bond acceptors (Lipinski definition) is 15. The first-order valence-corrected chi connectivity index (χ1v) is 47.9. The van der Waals surface area contributed by atoms with Crippen LogP contribution in [-0.4, -0.2) is 96.7 Å².